The van der Waals surface area contributed by atoms with Crippen LogP contribution >= 0.6 is 23.7 Å². The summed E-state index contributed by atoms with van der Waals surface area (Å²) < 4.78 is 0. The fraction of sp³-hybridized carbons (Fsp3) is 0.727. The van der Waals surface area contributed by atoms with Crippen LogP contribution in [0.1, 0.15) is 31.7 Å². The number of hydrogen-bond acceptors (Lipinski definition) is 5. The molecule has 1 amide bonds. The standard InChI is InChI=1S/C11H18N4OS.ClH/c1-3-8-14-15-10(17-8)13-9(16)11(2)5-4-6-12-7-11;/h12H,3-7H2,1-2H3,(H,13,15,16);1H. The van der Waals surface area contributed by atoms with Gasteiger partial charge in [0.15, 0.2) is 0 Å². The molecule has 7 heteroatoms. The molecule has 102 valence electrons. The zero-order valence-corrected chi connectivity index (χ0v) is 12.3. The zero-order valence-electron chi connectivity index (χ0n) is 10.7. The highest BCUT2D eigenvalue weighted by atomic mass is 35.5. The molecule has 1 aromatic heterocycles. The third-order valence-corrected chi connectivity index (χ3v) is 4.12. The van der Waals surface area contributed by atoms with Gasteiger partial charge in [-0.3, -0.25) is 4.79 Å². The van der Waals surface area contributed by atoms with E-state index in [0.717, 1.165) is 37.4 Å². The van der Waals surface area contributed by atoms with Crippen molar-refractivity contribution in [2.24, 2.45) is 5.41 Å². The Labute approximate surface area is 117 Å². The van der Waals surface area contributed by atoms with Crippen molar-refractivity contribution < 1.29 is 4.79 Å². The lowest BCUT2D eigenvalue weighted by molar-refractivity contribution is -0.125. The SMILES string of the molecule is CCc1nnc(NC(=O)C2(C)CCCNC2)s1.Cl. The van der Waals surface area contributed by atoms with E-state index in [9.17, 15) is 4.79 Å². The van der Waals surface area contributed by atoms with Crippen molar-refractivity contribution in [1.82, 2.24) is 15.5 Å². The monoisotopic (exact) mass is 290 g/mol. The maximum Gasteiger partial charge on any atom is 0.233 e. The van der Waals surface area contributed by atoms with Gasteiger partial charge in [-0.15, -0.1) is 22.6 Å². The molecule has 1 atom stereocenters. The highest BCUT2D eigenvalue weighted by molar-refractivity contribution is 7.15. The van der Waals surface area contributed by atoms with Gasteiger partial charge < -0.3 is 10.6 Å². The predicted octanol–water partition coefficient (Wildman–Crippen LogP) is 1.85. The minimum Gasteiger partial charge on any atom is -0.316 e. The third-order valence-electron chi connectivity index (χ3n) is 3.14. The van der Waals surface area contributed by atoms with Gasteiger partial charge in [0.25, 0.3) is 0 Å². The number of amides is 1. The molecule has 0 aromatic carbocycles. The number of aromatic nitrogens is 2. The van der Waals surface area contributed by atoms with Crippen LogP contribution in [-0.2, 0) is 11.2 Å². The van der Waals surface area contributed by atoms with Crippen molar-refractivity contribution in [3.63, 3.8) is 0 Å². The Hall–Kier alpha value is -0.720. The molecule has 1 aromatic rings. The van der Waals surface area contributed by atoms with E-state index < -0.39 is 0 Å². The van der Waals surface area contributed by atoms with Crippen molar-refractivity contribution in [2.75, 3.05) is 18.4 Å². The summed E-state index contributed by atoms with van der Waals surface area (Å²) in [7, 11) is 0. The molecule has 1 unspecified atom stereocenters. The lowest BCUT2D eigenvalue weighted by Gasteiger charge is -2.32. The molecule has 1 saturated heterocycles. The molecule has 0 bridgehead atoms. The molecule has 0 aliphatic carbocycles. The van der Waals surface area contributed by atoms with Crippen LogP contribution in [0.25, 0.3) is 0 Å². The van der Waals surface area contributed by atoms with Gasteiger partial charge >= 0.3 is 0 Å². The van der Waals surface area contributed by atoms with E-state index in [1.807, 2.05) is 13.8 Å². The molecule has 2 N–H and O–H groups in total. The number of carbonyl (C=O) groups excluding carboxylic acids is 1. The van der Waals surface area contributed by atoms with E-state index in [1.54, 1.807) is 0 Å². The van der Waals surface area contributed by atoms with Gasteiger partial charge in [-0.25, -0.2) is 0 Å². The summed E-state index contributed by atoms with van der Waals surface area (Å²) in [6, 6.07) is 0. The fourth-order valence-electron chi connectivity index (χ4n) is 1.95. The first-order chi connectivity index (χ1) is 8.14. The summed E-state index contributed by atoms with van der Waals surface area (Å²) in [6.45, 7) is 5.76. The largest absolute Gasteiger partial charge is 0.316 e. The number of aryl methyl sites for hydroxylation is 1. The number of rotatable bonds is 3. The Balaban J connectivity index is 0.00000162. The second-order valence-electron chi connectivity index (χ2n) is 4.65. The average molecular weight is 291 g/mol. The minimum atomic E-state index is -0.323. The van der Waals surface area contributed by atoms with Gasteiger partial charge in [-0.05, 0) is 32.7 Å². The van der Waals surface area contributed by atoms with Crippen molar-refractivity contribution in [2.45, 2.75) is 33.1 Å². The second-order valence-corrected chi connectivity index (χ2v) is 5.71. The summed E-state index contributed by atoms with van der Waals surface area (Å²) >= 11 is 1.45. The lowest BCUT2D eigenvalue weighted by atomic mass is 9.82. The molecule has 2 rings (SSSR count). The fourth-order valence-corrected chi connectivity index (χ4v) is 2.62. The van der Waals surface area contributed by atoms with E-state index in [-0.39, 0.29) is 23.7 Å². The third kappa shape index (κ3) is 3.40. The predicted molar refractivity (Wildman–Crippen MR) is 75.4 cm³/mol. The van der Waals surface area contributed by atoms with Gasteiger partial charge in [0.05, 0.1) is 5.41 Å². The molecule has 0 spiro atoms. The lowest BCUT2D eigenvalue weighted by Crippen LogP contribution is -2.46. The number of carbonyl (C=O) groups is 1. The Morgan fingerprint density at radius 1 is 1.56 bits per heavy atom. The Bertz CT molecular complexity index is 404. The summed E-state index contributed by atoms with van der Waals surface area (Å²) in [6.07, 6.45) is 2.82. The number of nitrogens with one attached hydrogen (secondary N) is 2. The first-order valence-electron chi connectivity index (χ1n) is 5.98. The molecule has 1 aliphatic heterocycles. The van der Waals surface area contributed by atoms with Gasteiger partial charge in [0, 0.05) is 6.54 Å². The van der Waals surface area contributed by atoms with E-state index >= 15 is 0 Å². The number of anilines is 1. The molecule has 1 fully saturated rings. The zero-order chi connectivity index (χ0) is 12.3. The average Bonchev–Trinajstić information content (AvgIpc) is 2.78. The number of hydrogen-bond donors (Lipinski definition) is 2. The molecular formula is C11H19ClN4OS. The van der Waals surface area contributed by atoms with Crippen molar-refractivity contribution in [3.05, 3.63) is 5.01 Å². The maximum absolute atomic E-state index is 12.2. The van der Waals surface area contributed by atoms with Crippen molar-refractivity contribution >= 4 is 34.8 Å². The number of nitrogens with zero attached hydrogens (tertiary/aromatic N) is 2. The normalized spacial score (nSPS) is 23.2. The molecule has 0 saturated carbocycles. The van der Waals surface area contributed by atoms with Crippen LogP contribution in [0.3, 0.4) is 0 Å². The first-order valence-corrected chi connectivity index (χ1v) is 6.80. The van der Waals surface area contributed by atoms with Crippen molar-refractivity contribution in [1.29, 1.82) is 0 Å². The van der Waals surface area contributed by atoms with Crippen LogP contribution in [-0.4, -0.2) is 29.2 Å². The Kier molecular flexibility index (Phi) is 5.49. The number of halogens is 1. The van der Waals surface area contributed by atoms with Crippen LogP contribution in [0.4, 0.5) is 5.13 Å². The molecule has 18 heavy (non-hydrogen) atoms. The van der Waals surface area contributed by atoms with Gasteiger partial charge in [0.1, 0.15) is 5.01 Å². The van der Waals surface area contributed by atoms with Gasteiger partial charge in [-0.1, -0.05) is 18.3 Å². The van der Waals surface area contributed by atoms with Crippen LogP contribution < -0.4 is 10.6 Å². The van der Waals surface area contributed by atoms with Gasteiger partial charge in [-0.2, -0.15) is 0 Å². The van der Waals surface area contributed by atoms with E-state index in [1.165, 1.54) is 11.3 Å². The molecular weight excluding hydrogens is 272 g/mol. The maximum atomic E-state index is 12.2. The molecule has 0 radical (unpaired) electrons. The highest BCUT2D eigenvalue weighted by Crippen LogP contribution is 2.27. The van der Waals surface area contributed by atoms with Crippen LogP contribution in [0.15, 0.2) is 0 Å². The van der Waals surface area contributed by atoms with Crippen LogP contribution in [0, 0.1) is 5.41 Å². The summed E-state index contributed by atoms with van der Waals surface area (Å²) in [5.41, 5.74) is -0.323. The smallest absolute Gasteiger partial charge is 0.233 e. The Morgan fingerprint density at radius 3 is 2.89 bits per heavy atom. The molecule has 2 heterocycles. The second kappa shape index (κ2) is 6.45. The summed E-state index contributed by atoms with van der Waals surface area (Å²) in [5, 5.41) is 15.7. The van der Waals surface area contributed by atoms with Crippen molar-refractivity contribution in [3.8, 4) is 0 Å². The van der Waals surface area contributed by atoms with E-state index in [4.69, 9.17) is 0 Å². The summed E-state index contributed by atoms with van der Waals surface area (Å²) in [5.74, 6) is 0.0449. The van der Waals surface area contributed by atoms with E-state index in [2.05, 4.69) is 20.8 Å². The topological polar surface area (TPSA) is 66.9 Å². The van der Waals surface area contributed by atoms with Crippen LogP contribution in [0.2, 0.25) is 0 Å². The minimum absolute atomic E-state index is 0. The first kappa shape index (κ1) is 15.3. The Morgan fingerprint density at radius 2 is 2.33 bits per heavy atom. The number of piperidine rings is 1. The highest BCUT2D eigenvalue weighted by Gasteiger charge is 2.35. The molecule has 1 aliphatic rings. The molecule has 5 nitrogen and oxygen atoms in total. The summed E-state index contributed by atoms with van der Waals surface area (Å²) in [4.78, 5) is 12.2. The van der Waals surface area contributed by atoms with Crippen LogP contribution in [0.5, 0.6) is 0 Å². The quantitative estimate of drug-likeness (QED) is 0.891. The van der Waals surface area contributed by atoms with Gasteiger partial charge in [0.2, 0.25) is 11.0 Å². The van der Waals surface area contributed by atoms with E-state index in [0.29, 0.717) is 5.13 Å².